The Hall–Kier alpha value is -0.640. The number of hydrogen-bond acceptors (Lipinski definition) is 2. The van der Waals surface area contributed by atoms with Crippen molar-refractivity contribution in [3.63, 3.8) is 0 Å². The molecular weight excluding hydrogens is 275 g/mol. The third-order valence-corrected chi connectivity index (χ3v) is 4.45. The molecule has 0 saturated carbocycles. The first-order valence-electron chi connectivity index (χ1n) is 7.45. The molecule has 1 fully saturated rings. The van der Waals surface area contributed by atoms with E-state index in [1.807, 2.05) is 6.07 Å². The van der Waals surface area contributed by atoms with Crippen molar-refractivity contribution in [2.45, 2.75) is 39.3 Å². The summed E-state index contributed by atoms with van der Waals surface area (Å²) in [5, 5.41) is 3.71. The number of benzene rings is 1. The molecule has 20 heavy (non-hydrogen) atoms. The molecule has 1 unspecified atom stereocenters. The summed E-state index contributed by atoms with van der Waals surface area (Å²) in [7, 11) is 0. The number of nitrogens with zero attached hydrogens (tertiary/aromatic N) is 1. The van der Waals surface area contributed by atoms with Crippen LogP contribution >= 0.6 is 11.6 Å². The van der Waals surface area contributed by atoms with Crippen LogP contribution in [-0.2, 0) is 6.54 Å². The maximum atomic E-state index is 13.5. The van der Waals surface area contributed by atoms with Gasteiger partial charge in [-0.05, 0) is 57.3 Å². The Kier molecular flexibility index (Phi) is 5.82. The van der Waals surface area contributed by atoms with Crippen LogP contribution in [0.15, 0.2) is 18.2 Å². The molecule has 2 rings (SSSR count). The fourth-order valence-electron chi connectivity index (χ4n) is 2.76. The summed E-state index contributed by atoms with van der Waals surface area (Å²) in [5.74, 6) is 0.352. The smallest absolute Gasteiger partial charge is 0.142 e. The Balaban J connectivity index is 2.03. The molecule has 1 aliphatic heterocycles. The molecular formula is C16H24ClFN2. The van der Waals surface area contributed by atoms with Gasteiger partial charge < -0.3 is 5.32 Å². The Morgan fingerprint density at radius 2 is 2.25 bits per heavy atom. The quantitative estimate of drug-likeness (QED) is 0.892. The van der Waals surface area contributed by atoms with E-state index in [2.05, 4.69) is 24.1 Å². The average molecular weight is 299 g/mol. The van der Waals surface area contributed by atoms with E-state index in [4.69, 9.17) is 11.6 Å². The standard InChI is InChI=1S/C16H24ClFN2/c1-12(2)20(10-13-5-4-8-19-9-13)11-14-6-3-7-15(18)16(14)17/h3,6-7,12-13,19H,4-5,8-11H2,1-2H3. The van der Waals surface area contributed by atoms with E-state index in [0.717, 1.165) is 25.2 Å². The van der Waals surface area contributed by atoms with Crippen molar-refractivity contribution < 1.29 is 4.39 Å². The minimum absolute atomic E-state index is 0.264. The molecule has 0 bridgehead atoms. The van der Waals surface area contributed by atoms with Crippen LogP contribution < -0.4 is 5.32 Å². The molecule has 1 saturated heterocycles. The van der Waals surface area contributed by atoms with Crippen LogP contribution in [0, 0.1) is 11.7 Å². The van der Waals surface area contributed by atoms with Gasteiger partial charge in [0, 0.05) is 19.1 Å². The molecule has 0 aliphatic carbocycles. The lowest BCUT2D eigenvalue weighted by Gasteiger charge is -2.33. The van der Waals surface area contributed by atoms with Gasteiger partial charge >= 0.3 is 0 Å². The zero-order valence-electron chi connectivity index (χ0n) is 12.3. The van der Waals surface area contributed by atoms with Crippen LogP contribution in [0.25, 0.3) is 0 Å². The number of rotatable bonds is 5. The first-order chi connectivity index (χ1) is 9.58. The van der Waals surface area contributed by atoms with E-state index in [9.17, 15) is 4.39 Å². The summed E-state index contributed by atoms with van der Waals surface area (Å²) in [5.41, 5.74) is 0.879. The lowest BCUT2D eigenvalue weighted by Crippen LogP contribution is -2.40. The highest BCUT2D eigenvalue weighted by Crippen LogP contribution is 2.23. The van der Waals surface area contributed by atoms with Crippen molar-refractivity contribution in [3.8, 4) is 0 Å². The highest BCUT2D eigenvalue weighted by molar-refractivity contribution is 6.31. The van der Waals surface area contributed by atoms with Gasteiger partial charge in [-0.15, -0.1) is 0 Å². The summed E-state index contributed by atoms with van der Waals surface area (Å²) in [6.07, 6.45) is 2.52. The second-order valence-electron chi connectivity index (χ2n) is 5.95. The van der Waals surface area contributed by atoms with Crippen molar-refractivity contribution in [1.82, 2.24) is 10.2 Å². The zero-order chi connectivity index (χ0) is 14.5. The van der Waals surface area contributed by atoms with Gasteiger partial charge in [0.2, 0.25) is 0 Å². The number of piperidine rings is 1. The second-order valence-corrected chi connectivity index (χ2v) is 6.33. The van der Waals surface area contributed by atoms with Crippen molar-refractivity contribution in [2.24, 2.45) is 5.92 Å². The lowest BCUT2D eigenvalue weighted by molar-refractivity contribution is 0.164. The summed E-state index contributed by atoms with van der Waals surface area (Å²) < 4.78 is 13.5. The van der Waals surface area contributed by atoms with Crippen molar-refractivity contribution in [2.75, 3.05) is 19.6 Å². The van der Waals surface area contributed by atoms with Crippen LogP contribution in [0.1, 0.15) is 32.3 Å². The number of nitrogens with one attached hydrogen (secondary N) is 1. The molecule has 2 nitrogen and oxygen atoms in total. The van der Waals surface area contributed by atoms with E-state index in [1.165, 1.54) is 18.9 Å². The summed E-state index contributed by atoms with van der Waals surface area (Å²) in [6, 6.07) is 5.49. The maximum Gasteiger partial charge on any atom is 0.142 e. The van der Waals surface area contributed by atoms with Crippen LogP contribution in [0.5, 0.6) is 0 Å². The van der Waals surface area contributed by atoms with Crippen molar-refractivity contribution in [1.29, 1.82) is 0 Å². The maximum absolute atomic E-state index is 13.5. The van der Waals surface area contributed by atoms with E-state index in [0.29, 0.717) is 18.5 Å². The molecule has 0 aromatic heterocycles. The Labute approximate surface area is 126 Å². The van der Waals surface area contributed by atoms with Crippen molar-refractivity contribution >= 4 is 11.6 Å². The van der Waals surface area contributed by atoms with E-state index < -0.39 is 0 Å². The molecule has 1 N–H and O–H groups in total. The first kappa shape index (κ1) is 15.7. The number of hydrogen-bond donors (Lipinski definition) is 1. The molecule has 1 aliphatic rings. The van der Waals surface area contributed by atoms with E-state index in [-0.39, 0.29) is 10.8 Å². The van der Waals surface area contributed by atoms with Gasteiger partial charge in [0.15, 0.2) is 0 Å². The zero-order valence-corrected chi connectivity index (χ0v) is 13.1. The highest BCUT2D eigenvalue weighted by atomic mass is 35.5. The molecule has 0 spiro atoms. The molecule has 1 aromatic carbocycles. The SMILES string of the molecule is CC(C)N(Cc1cccc(F)c1Cl)CC1CCCNC1. The third kappa shape index (κ3) is 4.18. The highest BCUT2D eigenvalue weighted by Gasteiger charge is 2.20. The molecule has 0 radical (unpaired) electrons. The predicted octanol–water partition coefficient (Wildman–Crippen LogP) is 3.69. The Morgan fingerprint density at radius 1 is 1.45 bits per heavy atom. The van der Waals surface area contributed by atoms with Gasteiger partial charge in [0.05, 0.1) is 5.02 Å². The first-order valence-corrected chi connectivity index (χ1v) is 7.83. The predicted molar refractivity (Wildman–Crippen MR) is 82.5 cm³/mol. The van der Waals surface area contributed by atoms with E-state index >= 15 is 0 Å². The molecule has 1 atom stereocenters. The van der Waals surface area contributed by atoms with Gasteiger partial charge in [0.1, 0.15) is 5.82 Å². The summed E-state index contributed by atoms with van der Waals surface area (Å²) in [4.78, 5) is 2.39. The Morgan fingerprint density at radius 3 is 2.90 bits per heavy atom. The van der Waals surface area contributed by atoms with Gasteiger partial charge in [-0.1, -0.05) is 23.7 Å². The van der Waals surface area contributed by atoms with Crippen LogP contribution in [-0.4, -0.2) is 30.6 Å². The summed E-state index contributed by atoms with van der Waals surface area (Å²) >= 11 is 6.07. The topological polar surface area (TPSA) is 15.3 Å². The van der Waals surface area contributed by atoms with Crippen molar-refractivity contribution in [3.05, 3.63) is 34.6 Å². The second kappa shape index (κ2) is 7.39. The lowest BCUT2D eigenvalue weighted by atomic mass is 9.98. The summed E-state index contributed by atoms with van der Waals surface area (Å²) in [6.45, 7) is 8.34. The molecule has 0 amide bonds. The third-order valence-electron chi connectivity index (χ3n) is 4.03. The van der Waals surface area contributed by atoms with Gasteiger partial charge in [0.25, 0.3) is 0 Å². The molecule has 4 heteroatoms. The van der Waals surface area contributed by atoms with Gasteiger partial charge in [-0.2, -0.15) is 0 Å². The fraction of sp³-hybridized carbons (Fsp3) is 0.625. The Bertz CT molecular complexity index is 430. The minimum atomic E-state index is -0.327. The molecule has 1 aromatic rings. The largest absolute Gasteiger partial charge is 0.316 e. The van der Waals surface area contributed by atoms with E-state index in [1.54, 1.807) is 6.07 Å². The van der Waals surface area contributed by atoms with Crippen LogP contribution in [0.3, 0.4) is 0 Å². The molecule has 112 valence electrons. The minimum Gasteiger partial charge on any atom is -0.316 e. The van der Waals surface area contributed by atoms with Crippen LogP contribution in [0.2, 0.25) is 5.02 Å². The monoisotopic (exact) mass is 298 g/mol. The van der Waals surface area contributed by atoms with Gasteiger partial charge in [-0.3, -0.25) is 4.90 Å². The number of halogens is 2. The molecule has 1 heterocycles. The van der Waals surface area contributed by atoms with Gasteiger partial charge in [-0.25, -0.2) is 4.39 Å². The average Bonchev–Trinajstić information content (AvgIpc) is 2.44. The fourth-order valence-corrected chi connectivity index (χ4v) is 2.94. The van der Waals surface area contributed by atoms with Crippen LogP contribution in [0.4, 0.5) is 4.39 Å². The normalized spacial score (nSPS) is 19.8.